The van der Waals surface area contributed by atoms with Crippen LogP contribution in [-0.4, -0.2) is 64.5 Å². The van der Waals surface area contributed by atoms with Gasteiger partial charge in [-0.05, 0) is 35.7 Å². The molecule has 3 heterocycles. The van der Waals surface area contributed by atoms with Crippen molar-refractivity contribution in [2.24, 2.45) is 16.4 Å². The molecule has 198 valence electrons. The molecule has 0 spiro atoms. The summed E-state index contributed by atoms with van der Waals surface area (Å²) in [7, 11) is 1.62. The van der Waals surface area contributed by atoms with Crippen molar-refractivity contribution in [3.05, 3.63) is 71.7 Å². The lowest BCUT2D eigenvalue weighted by Crippen LogP contribution is -2.59. The summed E-state index contributed by atoms with van der Waals surface area (Å²) in [4.78, 5) is 45.1. The first-order chi connectivity index (χ1) is 18.2. The number of benzene rings is 2. The third-order valence-corrected chi connectivity index (χ3v) is 7.57. The number of halogens is 1. The molecule has 0 bridgehead atoms. The van der Waals surface area contributed by atoms with Crippen molar-refractivity contribution in [2.45, 2.75) is 39.2 Å². The fourth-order valence-electron chi connectivity index (χ4n) is 5.50. The molecule has 38 heavy (non-hydrogen) atoms. The third-order valence-electron chi connectivity index (χ3n) is 7.57. The summed E-state index contributed by atoms with van der Waals surface area (Å²) in [5.41, 5.74) is 2.40. The lowest BCUT2D eigenvalue weighted by Gasteiger charge is -2.40. The average Bonchev–Trinajstić information content (AvgIpc) is 3.42. The van der Waals surface area contributed by atoms with Crippen LogP contribution in [0.4, 0.5) is 4.39 Å². The highest BCUT2D eigenvalue weighted by Gasteiger charge is 2.53. The van der Waals surface area contributed by atoms with Crippen LogP contribution in [0.3, 0.4) is 0 Å². The van der Waals surface area contributed by atoms with Gasteiger partial charge < -0.3 is 15.2 Å². The topological polar surface area (TPSA) is 97.9 Å². The lowest BCUT2D eigenvalue weighted by molar-refractivity contribution is -0.142. The highest BCUT2D eigenvalue weighted by molar-refractivity contribution is 6.13. The van der Waals surface area contributed by atoms with Gasteiger partial charge in [-0.25, -0.2) is 9.40 Å². The largest absolute Gasteiger partial charge is 0.361 e. The molecule has 2 aliphatic heterocycles. The zero-order valence-corrected chi connectivity index (χ0v) is 21.8. The van der Waals surface area contributed by atoms with Crippen molar-refractivity contribution in [2.75, 3.05) is 20.1 Å². The quantitative estimate of drug-likeness (QED) is 0.503. The summed E-state index contributed by atoms with van der Waals surface area (Å²) in [6.07, 6.45) is 2.95. The molecule has 2 aliphatic rings. The monoisotopic (exact) mass is 517 g/mol. The molecule has 1 aromatic heterocycles. The molecule has 0 radical (unpaired) electrons. The number of hydrogen-bond acceptors (Lipinski definition) is 4. The first-order valence-corrected chi connectivity index (χ1v) is 12.9. The van der Waals surface area contributed by atoms with Crippen LogP contribution in [0.5, 0.6) is 0 Å². The van der Waals surface area contributed by atoms with Crippen molar-refractivity contribution in [3.63, 3.8) is 0 Å². The van der Waals surface area contributed by atoms with Crippen LogP contribution in [0.25, 0.3) is 10.9 Å². The number of fused-ring (bicyclic) bond motifs is 2. The molecule has 2 atom stereocenters. The van der Waals surface area contributed by atoms with E-state index in [4.69, 9.17) is 0 Å². The average molecular weight is 518 g/mol. The second-order valence-electron chi connectivity index (χ2n) is 10.6. The number of hydrazone groups is 1. The minimum absolute atomic E-state index is 0.146. The number of hydrogen-bond donors (Lipinski definition) is 2. The number of aromatic amines is 1. The van der Waals surface area contributed by atoms with Crippen LogP contribution in [0.1, 0.15) is 31.4 Å². The minimum atomic E-state index is -1.02. The number of carbonyl (C=O) groups is 3. The Bertz CT molecular complexity index is 1410. The van der Waals surface area contributed by atoms with Gasteiger partial charge in [-0.2, -0.15) is 5.10 Å². The normalized spacial score (nSPS) is 20.0. The number of para-hydroxylation sites is 1. The molecule has 8 nitrogen and oxygen atoms in total. The molecule has 3 aromatic rings. The Balaban J connectivity index is 1.44. The number of likely N-dealkylation sites (tertiary alicyclic amines) is 1. The smallest absolute Gasteiger partial charge is 0.256 e. The second kappa shape index (κ2) is 10.0. The van der Waals surface area contributed by atoms with E-state index in [9.17, 15) is 18.8 Å². The maximum atomic E-state index is 14.0. The Kier molecular flexibility index (Phi) is 6.77. The van der Waals surface area contributed by atoms with E-state index in [0.717, 1.165) is 27.7 Å². The van der Waals surface area contributed by atoms with Crippen LogP contribution >= 0.6 is 0 Å². The summed E-state index contributed by atoms with van der Waals surface area (Å²) in [6.45, 7) is 4.12. The molecule has 3 amide bonds. The van der Waals surface area contributed by atoms with Crippen LogP contribution < -0.4 is 5.32 Å². The number of carbonyl (C=O) groups excluding carboxylic acids is 3. The van der Waals surface area contributed by atoms with E-state index in [1.54, 1.807) is 37.9 Å². The molecule has 1 fully saturated rings. The lowest BCUT2D eigenvalue weighted by atomic mass is 9.73. The van der Waals surface area contributed by atoms with Crippen molar-refractivity contribution in [1.29, 1.82) is 0 Å². The van der Waals surface area contributed by atoms with Crippen LogP contribution in [0.2, 0.25) is 0 Å². The number of nitrogens with one attached hydrogen (secondary N) is 2. The standard InChI is InChI=1S/C29H32FN5O3/c1-18(2)26(36)32-24(14-20-16-31-23-7-5-4-6-22(20)23)27(37)35-13-12-25-29(17-35,28(38)34(3)33-25)15-19-8-10-21(30)11-9-19/h4-11,16,18,24,31H,12-15,17H2,1-3H3,(H,32,36)/t24-,29+/m1/s1. The molecule has 5 rings (SSSR count). The van der Waals surface area contributed by atoms with Crippen molar-refractivity contribution >= 4 is 34.3 Å². The van der Waals surface area contributed by atoms with E-state index in [1.165, 1.54) is 17.1 Å². The van der Waals surface area contributed by atoms with Crippen molar-refractivity contribution < 1.29 is 18.8 Å². The molecule has 1 saturated heterocycles. The van der Waals surface area contributed by atoms with Gasteiger partial charge in [0.1, 0.15) is 17.3 Å². The van der Waals surface area contributed by atoms with Gasteiger partial charge in [0.15, 0.2) is 0 Å². The predicted octanol–water partition coefficient (Wildman–Crippen LogP) is 3.28. The molecule has 0 unspecified atom stereocenters. The number of piperidine rings is 1. The first-order valence-electron chi connectivity index (χ1n) is 12.9. The highest BCUT2D eigenvalue weighted by Crippen LogP contribution is 2.38. The number of nitrogens with zero attached hydrogens (tertiary/aromatic N) is 3. The Morgan fingerprint density at radius 1 is 1.16 bits per heavy atom. The Morgan fingerprint density at radius 2 is 1.89 bits per heavy atom. The summed E-state index contributed by atoms with van der Waals surface area (Å²) >= 11 is 0. The Morgan fingerprint density at radius 3 is 2.63 bits per heavy atom. The molecular formula is C29H32FN5O3. The van der Waals surface area contributed by atoms with Gasteiger partial charge in [-0.3, -0.25) is 14.4 Å². The minimum Gasteiger partial charge on any atom is -0.361 e. The third kappa shape index (κ3) is 4.68. The van der Waals surface area contributed by atoms with Gasteiger partial charge in [-0.1, -0.05) is 44.2 Å². The van der Waals surface area contributed by atoms with E-state index in [2.05, 4.69) is 15.4 Å². The SMILES string of the molecule is CC(C)C(=O)N[C@H](Cc1c[nH]c2ccccc12)C(=O)N1CCC2=NN(C)C(=O)[C@@]2(Cc2ccc(F)cc2)C1. The number of H-pyrrole nitrogens is 1. The molecule has 0 aliphatic carbocycles. The number of amides is 3. The summed E-state index contributed by atoms with van der Waals surface area (Å²) < 4.78 is 13.6. The van der Waals surface area contributed by atoms with Crippen molar-refractivity contribution in [3.8, 4) is 0 Å². The summed E-state index contributed by atoms with van der Waals surface area (Å²) in [6, 6.07) is 13.1. The maximum absolute atomic E-state index is 14.0. The van der Waals surface area contributed by atoms with Gasteiger partial charge in [0.2, 0.25) is 11.8 Å². The molecular weight excluding hydrogens is 485 g/mol. The fourth-order valence-corrected chi connectivity index (χ4v) is 5.50. The van der Waals surface area contributed by atoms with Gasteiger partial charge in [-0.15, -0.1) is 0 Å². The number of rotatable bonds is 7. The Labute approximate surface area is 220 Å². The van der Waals surface area contributed by atoms with E-state index in [0.29, 0.717) is 25.8 Å². The predicted molar refractivity (Wildman–Crippen MR) is 143 cm³/mol. The fraction of sp³-hybridized carbons (Fsp3) is 0.379. The summed E-state index contributed by atoms with van der Waals surface area (Å²) in [5.74, 6) is -1.27. The Hall–Kier alpha value is -4.01. The zero-order valence-electron chi connectivity index (χ0n) is 21.8. The van der Waals surface area contributed by atoms with Gasteiger partial charge >= 0.3 is 0 Å². The second-order valence-corrected chi connectivity index (χ2v) is 10.6. The van der Waals surface area contributed by atoms with Gasteiger partial charge in [0.05, 0.1) is 5.71 Å². The molecule has 2 aromatic carbocycles. The van der Waals surface area contributed by atoms with E-state index < -0.39 is 11.5 Å². The molecule has 2 N–H and O–H groups in total. The van der Waals surface area contributed by atoms with Gasteiger partial charge in [0.25, 0.3) is 5.91 Å². The van der Waals surface area contributed by atoms with Crippen LogP contribution in [0.15, 0.2) is 59.8 Å². The van der Waals surface area contributed by atoms with Crippen LogP contribution in [-0.2, 0) is 27.2 Å². The number of aromatic nitrogens is 1. The summed E-state index contributed by atoms with van der Waals surface area (Å²) in [5, 5.41) is 9.79. The van der Waals surface area contributed by atoms with Crippen molar-refractivity contribution in [1.82, 2.24) is 20.2 Å². The highest BCUT2D eigenvalue weighted by atomic mass is 19.1. The first kappa shape index (κ1) is 25.6. The van der Waals surface area contributed by atoms with E-state index in [-0.39, 0.29) is 36.0 Å². The van der Waals surface area contributed by atoms with Crippen LogP contribution in [0, 0.1) is 17.2 Å². The molecule has 9 heteroatoms. The molecule has 0 saturated carbocycles. The van der Waals surface area contributed by atoms with E-state index in [1.807, 2.05) is 30.5 Å². The maximum Gasteiger partial charge on any atom is 0.256 e. The van der Waals surface area contributed by atoms with E-state index >= 15 is 0 Å². The van der Waals surface area contributed by atoms with Gasteiger partial charge in [0, 0.05) is 56.0 Å². The zero-order chi connectivity index (χ0) is 27.0.